The summed E-state index contributed by atoms with van der Waals surface area (Å²) in [4.78, 5) is 0. The molecule has 2 aliphatic carbocycles. The predicted molar refractivity (Wildman–Crippen MR) is 108 cm³/mol. The van der Waals surface area contributed by atoms with Crippen LogP contribution in [0.5, 0.6) is 0 Å². The van der Waals surface area contributed by atoms with Crippen molar-refractivity contribution in [1.29, 1.82) is 0 Å². The Kier molecular flexibility index (Phi) is 13.5. The van der Waals surface area contributed by atoms with Gasteiger partial charge >= 0.3 is 26.2 Å². The minimum absolute atomic E-state index is 0. The van der Waals surface area contributed by atoms with Crippen LogP contribution in [0, 0.1) is 12.1 Å². The molecule has 0 spiro atoms. The third-order valence-electron chi connectivity index (χ3n) is 4.79. The Morgan fingerprint density at radius 2 is 1.75 bits per heavy atom. The Balaban J connectivity index is 0.000000472. The van der Waals surface area contributed by atoms with Crippen LogP contribution >= 0.6 is 0 Å². The summed E-state index contributed by atoms with van der Waals surface area (Å²) >= 11 is 0. The molecule has 1 N–H and O–H groups in total. The molecule has 0 aromatic heterocycles. The van der Waals surface area contributed by atoms with E-state index in [1.807, 2.05) is 6.07 Å². The largest absolute Gasteiger partial charge is 4.00 e. The summed E-state index contributed by atoms with van der Waals surface area (Å²) < 4.78 is 0. The fraction of sp³-hybridized carbons (Fsp3) is 0.304. The Labute approximate surface area is 202 Å². The second-order valence-electron chi connectivity index (χ2n) is 6.90. The first kappa shape index (κ1) is 27.6. The third-order valence-corrected chi connectivity index (χ3v) is 6.51. The van der Waals surface area contributed by atoms with Crippen LogP contribution < -0.4 is 24.8 Å². The zero-order valence-corrected chi connectivity index (χ0v) is 21.6. The molecule has 2 aliphatic rings. The van der Waals surface area contributed by atoms with Gasteiger partial charge in [0.05, 0.1) is 0 Å². The Hall–Kier alpha value is -0.440. The Morgan fingerprint density at radius 1 is 1.04 bits per heavy atom. The van der Waals surface area contributed by atoms with Crippen LogP contribution in [0.3, 0.4) is 0 Å². The van der Waals surface area contributed by atoms with Gasteiger partial charge in [0, 0.05) is 15.4 Å². The van der Waals surface area contributed by atoms with E-state index in [-0.39, 0.29) is 51.0 Å². The third kappa shape index (κ3) is 6.82. The summed E-state index contributed by atoms with van der Waals surface area (Å²) in [5.74, 6) is 0. The van der Waals surface area contributed by atoms with Crippen molar-refractivity contribution in [3.05, 3.63) is 82.6 Å². The second-order valence-corrected chi connectivity index (χ2v) is 9.79. The summed E-state index contributed by atoms with van der Waals surface area (Å²) in [6.07, 6.45) is 9.68. The first-order valence-corrected chi connectivity index (χ1v) is 12.1. The molecule has 0 unspecified atom stereocenters. The number of hydrogen-bond acceptors (Lipinski definition) is 1. The molecule has 2 aromatic rings. The molecule has 0 heterocycles. The average molecular weight is 509 g/mol. The molecule has 4 rings (SSSR count). The van der Waals surface area contributed by atoms with Gasteiger partial charge in [-0.05, 0) is 12.8 Å². The predicted octanol–water partition coefficient (Wildman–Crippen LogP) is -1.09. The monoisotopic (exact) mass is 506 g/mol. The number of aliphatic hydroxyl groups is 1. The van der Waals surface area contributed by atoms with Crippen LogP contribution in [0.4, 0.5) is 0 Å². The summed E-state index contributed by atoms with van der Waals surface area (Å²) in [5, 5.41) is 10.2. The minimum atomic E-state index is -0.668. The van der Waals surface area contributed by atoms with Gasteiger partial charge in [0.1, 0.15) is 0 Å². The van der Waals surface area contributed by atoms with Crippen LogP contribution in [0.15, 0.2) is 59.3 Å². The summed E-state index contributed by atoms with van der Waals surface area (Å²) in [6.45, 7) is 4.98. The quantitative estimate of drug-likeness (QED) is 0.351. The van der Waals surface area contributed by atoms with Crippen molar-refractivity contribution in [1.82, 2.24) is 0 Å². The van der Waals surface area contributed by atoms with E-state index in [0.717, 1.165) is 25.7 Å². The van der Waals surface area contributed by atoms with Gasteiger partial charge in [0.25, 0.3) is 0 Å². The molecule has 0 radical (unpaired) electrons. The number of allylic oxidation sites excluding steroid dienone is 4. The van der Waals surface area contributed by atoms with Crippen LogP contribution in [-0.2, 0) is 32.6 Å². The van der Waals surface area contributed by atoms with E-state index in [1.165, 1.54) is 33.0 Å². The maximum Gasteiger partial charge on any atom is 4.00 e. The van der Waals surface area contributed by atoms with Crippen molar-refractivity contribution >= 4 is 8.80 Å². The molecule has 1 nitrogen and oxygen atoms in total. The molecule has 0 saturated carbocycles. The Morgan fingerprint density at radius 3 is 2.46 bits per heavy atom. The van der Waals surface area contributed by atoms with Gasteiger partial charge < -0.3 is 29.9 Å². The van der Waals surface area contributed by atoms with E-state index < -0.39 is 8.80 Å². The number of benzene rings is 2. The molecule has 28 heavy (non-hydrogen) atoms. The molecule has 0 fully saturated rings. The van der Waals surface area contributed by atoms with E-state index in [4.69, 9.17) is 5.11 Å². The second kappa shape index (κ2) is 13.7. The smallest absolute Gasteiger partial charge is 1.00 e. The number of halogens is 2. The maximum atomic E-state index is 8.71. The number of fused-ring (bicyclic) bond motifs is 3. The topological polar surface area (TPSA) is 20.2 Å². The van der Waals surface area contributed by atoms with Gasteiger partial charge in [0.2, 0.25) is 0 Å². The van der Waals surface area contributed by atoms with Crippen LogP contribution in [0.25, 0.3) is 11.1 Å². The van der Waals surface area contributed by atoms with Crippen LogP contribution in [0.1, 0.15) is 30.4 Å². The van der Waals surface area contributed by atoms with Gasteiger partial charge in [-0.2, -0.15) is 35.9 Å². The van der Waals surface area contributed by atoms with Crippen LogP contribution in [-0.4, -0.2) is 20.5 Å². The molecule has 0 aliphatic heterocycles. The summed E-state index contributed by atoms with van der Waals surface area (Å²) in [5.41, 5.74) is 6.97. The van der Waals surface area contributed by atoms with Crippen molar-refractivity contribution in [2.75, 3.05) is 6.61 Å². The van der Waals surface area contributed by atoms with E-state index in [1.54, 1.807) is 0 Å². The number of rotatable bonds is 4. The molecular weight excluding hydrogens is 482 g/mol. The molecule has 0 amide bonds. The molecular formula is C23H26Cl2OSiZr. The van der Waals surface area contributed by atoms with Crippen LogP contribution in [0.2, 0.25) is 13.1 Å². The average Bonchev–Trinajstić information content (AvgIpc) is 3.25. The minimum Gasteiger partial charge on any atom is -1.00 e. The van der Waals surface area contributed by atoms with Gasteiger partial charge in [0.15, 0.2) is 0 Å². The van der Waals surface area contributed by atoms with Crippen molar-refractivity contribution in [2.24, 2.45) is 0 Å². The molecule has 2 aromatic carbocycles. The van der Waals surface area contributed by atoms with Gasteiger partial charge in [-0.1, -0.05) is 54.9 Å². The van der Waals surface area contributed by atoms with E-state index in [2.05, 4.69) is 67.7 Å². The van der Waals surface area contributed by atoms with Gasteiger partial charge in [-0.25, -0.2) is 10.8 Å². The summed E-state index contributed by atoms with van der Waals surface area (Å²) in [6, 6.07) is 18.1. The van der Waals surface area contributed by atoms with E-state index in [0.29, 0.717) is 6.61 Å². The molecule has 146 valence electrons. The van der Waals surface area contributed by atoms with E-state index >= 15 is 0 Å². The number of hydrogen-bond donors (Lipinski definition) is 1. The molecule has 0 bridgehead atoms. The Bertz CT molecular complexity index is 759. The molecule has 0 atom stereocenters. The summed E-state index contributed by atoms with van der Waals surface area (Å²) in [7, 11) is -0.668. The zero-order chi connectivity index (χ0) is 17.6. The van der Waals surface area contributed by atoms with Crippen molar-refractivity contribution in [3.8, 4) is 11.1 Å². The van der Waals surface area contributed by atoms with Crippen molar-refractivity contribution in [2.45, 2.75) is 38.8 Å². The SMILES string of the molecule is C[SiH](C)C1=[C-]CC=C1CCCO.[Cl-].[Cl-].[Zr+4].[c-]1cccc2c1Cc1ccccc1-2. The fourth-order valence-electron chi connectivity index (χ4n) is 3.59. The van der Waals surface area contributed by atoms with Crippen molar-refractivity contribution in [3.63, 3.8) is 0 Å². The first-order valence-electron chi connectivity index (χ1n) is 9.19. The van der Waals surface area contributed by atoms with Gasteiger partial charge in [-0.15, -0.1) is 12.0 Å². The standard InChI is InChI=1S/C13H9.C10H17OSi.2ClH.Zr/c1-3-7-12-10(5-1)9-11-6-2-4-8-13(11)12;1-12(2)10-7-3-5-9(10)6-4-8-11;;;/h1-5,7-8H,9H2;5,11-12H,3-4,6,8H2,1-2H3;2*1H;/q2*-1;;;+4/p-2. The fourth-order valence-corrected chi connectivity index (χ4v) is 5.12. The van der Waals surface area contributed by atoms with Crippen molar-refractivity contribution < 1.29 is 56.1 Å². The first-order chi connectivity index (χ1) is 12.2. The zero-order valence-electron chi connectivity index (χ0n) is 16.4. The molecule has 0 saturated heterocycles. The van der Waals surface area contributed by atoms with Gasteiger partial charge in [-0.3, -0.25) is 6.08 Å². The molecule has 5 heteroatoms. The number of aliphatic hydroxyl groups excluding tert-OH is 1. The van der Waals surface area contributed by atoms with E-state index in [9.17, 15) is 0 Å². The normalized spacial score (nSPS) is 12.9. The maximum absolute atomic E-state index is 8.71.